The summed E-state index contributed by atoms with van der Waals surface area (Å²) in [5.74, 6) is -0.262. The number of rotatable bonds is 7. The zero-order valence-corrected chi connectivity index (χ0v) is 10.3. The van der Waals surface area contributed by atoms with Crippen LogP contribution in [0, 0.1) is 6.42 Å². The van der Waals surface area contributed by atoms with Crippen molar-refractivity contribution < 1.29 is 14.3 Å². The highest BCUT2D eigenvalue weighted by molar-refractivity contribution is 5.79. The second kappa shape index (κ2) is 7.69. The Morgan fingerprint density at radius 1 is 1.27 bits per heavy atom. The number of esters is 1. The minimum absolute atomic E-state index is 0.262. The molecule has 0 heterocycles. The van der Waals surface area contributed by atoms with Gasteiger partial charge in [0.25, 0.3) is 0 Å². The van der Waals surface area contributed by atoms with Gasteiger partial charge in [-0.05, 0) is 33.6 Å². The van der Waals surface area contributed by atoms with Crippen LogP contribution in [-0.4, -0.2) is 24.8 Å². The second-order valence-electron chi connectivity index (χ2n) is 4.49. The molecular formula is C12H23O3. The molecule has 0 spiro atoms. The molecule has 89 valence electrons. The first-order chi connectivity index (χ1) is 6.95. The smallest absolute Gasteiger partial charge is 0.310 e. The predicted octanol–water partition coefficient (Wildman–Crippen LogP) is 2.74. The molecule has 3 nitrogen and oxygen atoms in total. The fourth-order valence-corrected chi connectivity index (χ4v) is 0.952. The summed E-state index contributed by atoms with van der Waals surface area (Å²) in [6.07, 6.45) is 4.37. The lowest BCUT2D eigenvalue weighted by Crippen LogP contribution is -2.24. The standard InChI is InChI=1S/C12H23O3/c1-5-6-9-14-10-7-8-11(13)15-12(2,3)4/h8H,5-7,9-10H2,1-4H3. The van der Waals surface area contributed by atoms with Crippen molar-refractivity contribution >= 4 is 5.97 Å². The lowest BCUT2D eigenvalue weighted by molar-refractivity contribution is -0.150. The first-order valence-electron chi connectivity index (χ1n) is 5.59. The van der Waals surface area contributed by atoms with E-state index >= 15 is 0 Å². The predicted molar refractivity (Wildman–Crippen MR) is 60.5 cm³/mol. The van der Waals surface area contributed by atoms with Gasteiger partial charge in [-0.15, -0.1) is 0 Å². The molecule has 15 heavy (non-hydrogen) atoms. The number of ether oxygens (including phenoxy) is 2. The minimum Gasteiger partial charge on any atom is -0.460 e. The van der Waals surface area contributed by atoms with Gasteiger partial charge in [0.15, 0.2) is 0 Å². The Kier molecular flexibility index (Phi) is 7.39. The van der Waals surface area contributed by atoms with E-state index < -0.39 is 5.60 Å². The Balaban J connectivity index is 3.32. The van der Waals surface area contributed by atoms with Gasteiger partial charge in [-0.25, -0.2) is 0 Å². The first kappa shape index (κ1) is 14.4. The molecule has 0 aromatic carbocycles. The van der Waals surface area contributed by atoms with E-state index in [9.17, 15) is 4.79 Å². The van der Waals surface area contributed by atoms with E-state index in [-0.39, 0.29) is 5.97 Å². The molecule has 0 amide bonds. The van der Waals surface area contributed by atoms with Gasteiger partial charge in [0.1, 0.15) is 5.60 Å². The van der Waals surface area contributed by atoms with Crippen molar-refractivity contribution in [2.75, 3.05) is 13.2 Å². The zero-order chi connectivity index (χ0) is 11.7. The van der Waals surface area contributed by atoms with Gasteiger partial charge in [0.05, 0.1) is 6.42 Å². The largest absolute Gasteiger partial charge is 0.460 e. The average molecular weight is 215 g/mol. The van der Waals surface area contributed by atoms with Crippen LogP contribution >= 0.6 is 0 Å². The molecule has 0 aromatic heterocycles. The van der Waals surface area contributed by atoms with Gasteiger partial charge >= 0.3 is 5.97 Å². The maximum absolute atomic E-state index is 11.2. The molecule has 0 N–H and O–H groups in total. The fraction of sp³-hybridized carbons (Fsp3) is 0.833. The van der Waals surface area contributed by atoms with E-state index in [1.807, 2.05) is 20.8 Å². The van der Waals surface area contributed by atoms with Gasteiger partial charge in [-0.3, -0.25) is 4.79 Å². The maximum atomic E-state index is 11.2. The lowest BCUT2D eigenvalue weighted by Gasteiger charge is -2.19. The molecule has 0 aliphatic rings. The third kappa shape index (κ3) is 11.4. The average Bonchev–Trinajstić information content (AvgIpc) is 2.08. The van der Waals surface area contributed by atoms with Crippen molar-refractivity contribution in [1.29, 1.82) is 0 Å². The molecule has 0 atom stereocenters. The van der Waals surface area contributed by atoms with E-state index in [1.165, 1.54) is 6.42 Å². The van der Waals surface area contributed by atoms with E-state index in [0.717, 1.165) is 19.4 Å². The van der Waals surface area contributed by atoms with Crippen LogP contribution in [0.4, 0.5) is 0 Å². The minimum atomic E-state index is -0.406. The van der Waals surface area contributed by atoms with Crippen LogP contribution in [0.5, 0.6) is 0 Å². The SMILES string of the molecule is CCCCOCC[CH]C(=O)OC(C)(C)C. The summed E-state index contributed by atoms with van der Waals surface area (Å²) < 4.78 is 10.4. The van der Waals surface area contributed by atoms with Crippen molar-refractivity contribution in [2.45, 2.75) is 52.6 Å². The van der Waals surface area contributed by atoms with Crippen molar-refractivity contribution in [1.82, 2.24) is 0 Å². The monoisotopic (exact) mass is 215 g/mol. The second-order valence-corrected chi connectivity index (χ2v) is 4.49. The van der Waals surface area contributed by atoms with Crippen LogP contribution in [0.25, 0.3) is 0 Å². The van der Waals surface area contributed by atoms with Crippen molar-refractivity contribution in [2.24, 2.45) is 0 Å². The van der Waals surface area contributed by atoms with Crippen LogP contribution in [0.1, 0.15) is 47.0 Å². The molecule has 0 bridgehead atoms. The van der Waals surface area contributed by atoms with Gasteiger partial charge in [0.2, 0.25) is 0 Å². The Hall–Kier alpha value is -0.570. The van der Waals surface area contributed by atoms with Gasteiger partial charge < -0.3 is 9.47 Å². The summed E-state index contributed by atoms with van der Waals surface area (Å²) in [5, 5.41) is 0. The lowest BCUT2D eigenvalue weighted by atomic mass is 10.2. The first-order valence-corrected chi connectivity index (χ1v) is 5.59. The van der Waals surface area contributed by atoms with Crippen molar-refractivity contribution in [3.8, 4) is 0 Å². The number of carbonyl (C=O) groups is 1. The molecule has 0 rings (SSSR count). The molecular weight excluding hydrogens is 192 g/mol. The molecule has 0 fully saturated rings. The normalized spacial score (nSPS) is 11.5. The van der Waals surface area contributed by atoms with E-state index in [4.69, 9.17) is 9.47 Å². The van der Waals surface area contributed by atoms with Gasteiger partial charge in [-0.2, -0.15) is 0 Å². The van der Waals surface area contributed by atoms with Crippen molar-refractivity contribution in [3.05, 3.63) is 6.42 Å². The third-order valence-corrected chi connectivity index (χ3v) is 1.62. The summed E-state index contributed by atoms with van der Waals surface area (Å²) in [6, 6.07) is 0. The van der Waals surface area contributed by atoms with Crippen LogP contribution in [0.15, 0.2) is 0 Å². The summed E-state index contributed by atoms with van der Waals surface area (Å²) in [5.41, 5.74) is -0.406. The summed E-state index contributed by atoms with van der Waals surface area (Å²) in [6.45, 7) is 9.07. The van der Waals surface area contributed by atoms with Crippen LogP contribution in [0.2, 0.25) is 0 Å². The quantitative estimate of drug-likeness (QED) is 0.484. The van der Waals surface area contributed by atoms with Crippen molar-refractivity contribution in [3.63, 3.8) is 0 Å². The Labute approximate surface area is 93.1 Å². The van der Waals surface area contributed by atoms with Crippen LogP contribution < -0.4 is 0 Å². The Morgan fingerprint density at radius 2 is 1.93 bits per heavy atom. The molecule has 0 aliphatic heterocycles. The number of carbonyl (C=O) groups excluding carboxylic acids is 1. The molecule has 0 saturated carbocycles. The Morgan fingerprint density at radius 3 is 2.47 bits per heavy atom. The number of hydrogen-bond donors (Lipinski definition) is 0. The zero-order valence-electron chi connectivity index (χ0n) is 10.3. The van der Waals surface area contributed by atoms with E-state index in [2.05, 4.69) is 6.92 Å². The highest BCUT2D eigenvalue weighted by Gasteiger charge is 2.15. The maximum Gasteiger partial charge on any atom is 0.310 e. The number of unbranched alkanes of at least 4 members (excludes halogenated alkanes) is 1. The van der Waals surface area contributed by atoms with E-state index in [1.54, 1.807) is 0 Å². The summed E-state index contributed by atoms with van der Waals surface area (Å²) in [4.78, 5) is 11.2. The topological polar surface area (TPSA) is 35.5 Å². The summed E-state index contributed by atoms with van der Waals surface area (Å²) in [7, 11) is 0. The highest BCUT2D eigenvalue weighted by atomic mass is 16.6. The molecule has 1 radical (unpaired) electrons. The Bertz CT molecular complexity index is 170. The molecule has 0 saturated heterocycles. The van der Waals surface area contributed by atoms with Gasteiger partial charge in [0, 0.05) is 13.2 Å². The molecule has 3 heteroatoms. The fourth-order valence-electron chi connectivity index (χ4n) is 0.952. The highest BCUT2D eigenvalue weighted by Crippen LogP contribution is 2.08. The number of hydrogen-bond acceptors (Lipinski definition) is 3. The van der Waals surface area contributed by atoms with Gasteiger partial charge in [-0.1, -0.05) is 13.3 Å². The summed E-state index contributed by atoms with van der Waals surface area (Å²) >= 11 is 0. The van der Waals surface area contributed by atoms with Crippen LogP contribution in [-0.2, 0) is 14.3 Å². The molecule has 0 unspecified atom stereocenters. The third-order valence-electron chi connectivity index (χ3n) is 1.62. The molecule has 0 aliphatic carbocycles. The molecule has 0 aromatic rings. The van der Waals surface area contributed by atoms with Crippen LogP contribution in [0.3, 0.4) is 0 Å². The van der Waals surface area contributed by atoms with E-state index in [0.29, 0.717) is 13.0 Å².